The molecule has 0 saturated carbocycles. The second-order valence-corrected chi connectivity index (χ2v) is 4.55. The van der Waals surface area contributed by atoms with E-state index < -0.39 is 0 Å². The minimum absolute atomic E-state index is 0.0216. The third kappa shape index (κ3) is 8.29. The Morgan fingerprint density at radius 1 is 1.10 bits per heavy atom. The fourth-order valence-corrected chi connectivity index (χ4v) is 1.11. The monoisotopic (exact) mass is 162 g/mol. The molecule has 0 rings (SSSR count). The highest BCUT2D eigenvalue weighted by Gasteiger charge is 2.11. The lowest BCUT2D eigenvalue weighted by Crippen LogP contribution is -2.08. The Morgan fingerprint density at radius 3 is 2.10 bits per heavy atom. The zero-order chi connectivity index (χ0) is 8.04. The van der Waals surface area contributed by atoms with Crippen LogP contribution in [0.25, 0.3) is 0 Å². The molecule has 0 atom stereocenters. The van der Waals surface area contributed by atoms with Crippen LogP contribution in [0.4, 0.5) is 0 Å². The van der Waals surface area contributed by atoms with Gasteiger partial charge >= 0.3 is 0 Å². The normalized spacial score (nSPS) is 12.0. The molecule has 0 radical (unpaired) electrons. The summed E-state index contributed by atoms with van der Waals surface area (Å²) in [5.74, 6) is 0. The van der Waals surface area contributed by atoms with E-state index in [4.69, 9.17) is 11.6 Å². The SMILES string of the molecule is CCCCCCC(C)(C)Cl. The Bertz CT molecular complexity index is 71.3. The van der Waals surface area contributed by atoms with Gasteiger partial charge in [0, 0.05) is 4.87 Å². The molecular weight excluding hydrogens is 144 g/mol. The van der Waals surface area contributed by atoms with Crippen LogP contribution in [0.2, 0.25) is 0 Å². The van der Waals surface area contributed by atoms with Gasteiger partial charge in [0.05, 0.1) is 0 Å². The van der Waals surface area contributed by atoms with Crippen molar-refractivity contribution in [3.63, 3.8) is 0 Å². The molecule has 0 saturated heterocycles. The van der Waals surface area contributed by atoms with Crippen LogP contribution < -0.4 is 0 Å². The fourth-order valence-electron chi connectivity index (χ4n) is 0.972. The van der Waals surface area contributed by atoms with Gasteiger partial charge in [0.1, 0.15) is 0 Å². The first-order valence-corrected chi connectivity index (χ1v) is 4.63. The van der Waals surface area contributed by atoms with E-state index in [0.717, 1.165) is 6.42 Å². The summed E-state index contributed by atoms with van der Waals surface area (Å²) in [7, 11) is 0. The van der Waals surface area contributed by atoms with Crippen LogP contribution in [0.5, 0.6) is 0 Å². The van der Waals surface area contributed by atoms with Crippen LogP contribution in [-0.2, 0) is 0 Å². The molecule has 10 heavy (non-hydrogen) atoms. The van der Waals surface area contributed by atoms with Crippen molar-refractivity contribution >= 4 is 11.6 Å². The van der Waals surface area contributed by atoms with Crippen LogP contribution >= 0.6 is 11.6 Å². The summed E-state index contributed by atoms with van der Waals surface area (Å²) in [6.07, 6.45) is 6.43. The first-order chi connectivity index (χ1) is 4.56. The second kappa shape index (κ2) is 5.01. The second-order valence-electron chi connectivity index (χ2n) is 3.53. The van der Waals surface area contributed by atoms with Crippen LogP contribution in [0.3, 0.4) is 0 Å². The largest absolute Gasteiger partial charge is 0.120 e. The maximum atomic E-state index is 6.01. The van der Waals surface area contributed by atoms with E-state index in [0.29, 0.717) is 0 Å². The van der Waals surface area contributed by atoms with Crippen molar-refractivity contribution in [3.05, 3.63) is 0 Å². The zero-order valence-electron chi connectivity index (χ0n) is 7.41. The Balaban J connectivity index is 3.04. The molecule has 0 unspecified atom stereocenters. The quantitative estimate of drug-likeness (QED) is 0.424. The van der Waals surface area contributed by atoms with E-state index in [9.17, 15) is 0 Å². The number of halogens is 1. The molecule has 0 aliphatic heterocycles. The van der Waals surface area contributed by atoms with Crippen LogP contribution in [0.1, 0.15) is 52.9 Å². The van der Waals surface area contributed by atoms with Gasteiger partial charge in [-0.1, -0.05) is 32.6 Å². The molecule has 1 heteroatoms. The lowest BCUT2D eigenvalue weighted by molar-refractivity contribution is 0.552. The molecule has 0 nitrogen and oxygen atoms in total. The van der Waals surface area contributed by atoms with Gasteiger partial charge in [0.2, 0.25) is 0 Å². The highest BCUT2D eigenvalue weighted by molar-refractivity contribution is 6.23. The molecule has 0 aromatic heterocycles. The highest BCUT2D eigenvalue weighted by atomic mass is 35.5. The Labute approximate surface area is 70.0 Å². The standard InChI is InChI=1S/C9H19Cl/c1-4-5-6-7-8-9(2,3)10/h4-8H2,1-3H3. The summed E-state index contributed by atoms with van der Waals surface area (Å²) in [4.78, 5) is 0.0216. The van der Waals surface area contributed by atoms with E-state index in [1.54, 1.807) is 0 Å². The highest BCUT2D eigenvalue weighted by Crippen LogP contribution is 2.21. The van der Waals surface area contributed by atoms with Crippen molar-refractivity contribution < 1.29 is 0 Å². The first-order valence-electron chi connectivity index (χ1n) is 4.25. The predicted octanol–water partition coefficient (Wildman–Crippen LogP) is 3.97. The Kier molecular flexibility index (Phi) is 5.15. The van der Waals surface area contributed by atoms with Crippen molar-refractivity contribution in [2.45, 2.75) is 57.7 Å². The van der Waals surface area contributed by atoms with E-state index in [-0.39, 0.29) is 4.87 Å². The van der Waals surface area contributed by atoms with Crippen molar-refractivity contribution in [1.29, 1.82) is 0 Å². The van der Waals surface area contributed by atoms with Crippen molar-refractivity contribution in [2.75, 3.05) is 0 Å². The molecule has 0 aliphatic rings. The van der Waals surface area contributed by atoms with Crippen LogP contribution in [0, 0.1) is 0 Å². The molecule has 62 valence electrons. The van der Waals surface area contributed by atoms with Crippen molar-refractivity contribution in [3.8, 4) is 0 Å². The van der Waals surface area contributed by atoms with Gasteiger partial charge in [-0.3, -0.25) is 0 Å². The van der Waals surface area contributed by atoms with Crippen LogP contribution in [0.15, 0.2) is 0 Å². The number of alkyl halides is 1. The van der Waals surface area contributed by atoms with E-state index in [1.807, 2.05) is 0 Å². The van der Waals surface area contributed by atoms with Crippen LogP contribution in [-0.4, -0.2) is 4.87 Å². The van der Waals surface area contributed by atoms with E-state index in [2.05, 4.69) is 20.8 Å². The summed E-state index contributed by atoms with van der Waals surface area (Å²) in [5.41, 5.74) is 0. The topological polar surface area (TPSA) is 0 Å². The van der Waals surface area contributed by atoms with Gasteiger partial charge in [-0.25, -0.2) is 0 Å². The molecule has 0 fully saturated rings. The lowest BCUT2D eigenvalue weighted by atomic mass is 10.0. The van der Waals surface area contributed by atoms with Crippen molar-refractivity contribution in [2.24, 2.45) is 0 Å². The van der Waals surface area contributed by atoms with E-state index >= 15 is 0 Å². The number of rotatable bonds is 5. The molecule has 0 heterocycles. The van der Waals surface area contributed by atoms with Gasteiger partial charge in [0.15, 0.2) is 0 Å². The number of hydrogen-bond acceptors (Lipinski definition) is 0. The molecule has 0 N–H and O–H groups in total. The molecular formula is C9H19Cl. The van der Waals surface area contributed by atoms with Gasteiger partial charge in [0.25, 0.3) is 0 Å². The zero-order valence-corrected chi connectivity index (χ0v) is 8.17. The summed E-state index contributed by atoms with van der Waals surface area (Å²) in [5, 5.41) is 0. The average Bonchev–Trinajstić information content (AvgIpc) is 1.78. The van der Waals surface area contributed by atoms with E-state index in [1.165, 1.54) is 25.7 Å². The minimum atomic E-state index is 0.0216. The molecule has 0 aromatic rings. The van der Waals surface area contributed by atoms with Gasteiger partial charge in [-0.05, 0) is 20.3 Å². The Morgan fingerprint density at radius 2 is 1.70 bits per heavy atom. The smallest absolute Gasteiger partial charge is 0.0390 e. The minimum Gasteiger partial charge on any atom is -0.120 e. The summed E-state index contributed by atoms with van der Waals surface area (Å²) < 4.78 is 0. The molecule has 0 aromatic carbocycles. The molecule has 0 aliphatic carbocycles. The molecule has 0 spiro atoms. The third-order valence-corrected chi connectivity index (χ3v) is 1.81. The summed E-state index contributed by atoms with van der Waals surface area (Å²) >= 11 is 6.01. The first kappa shape index (κ1) is 10.3. The lowest BCUT2D eigenvalue weighted by Gasteiger charge is -2.14. The molecule has 0 amide bonds. The maximum Gasteiger partial charge on any atom is 0.0390 e. The van der Waals surface area contributed by atoms with Crippen molar-refractivity contribution in [1.82, 2.24) is 0 Å². The summed E-state index contributed by atoms with van der Waals surface area (Å²) in [6, 6.07) is 0. The number of hydrogen-bond donors (Lipinski definition) is 0. The maximum absolute atomic E-state index is 6.01. The summed E-state index contributed by atoms with van der Waals surface area (Å²) in [6.45, 7) is 6.40. The van der Waals surface area contributed by atoms with Gasteiger partial charge in [-0.15, -0.1) is 11.6 Å². The fraction of sp³-hybridized carbons (Fsp3) is 1.00. The molecule has 0 bridgehead atoms. The average molecular weight is 163 g/mol. The predicted molar refractivity (Wildman–Crippen MR) is 48.7 cm³/mol. The Hall–Kier alpha value is 0.290. The number of unbranched alkanes of at least 4 members (excludes halogenated alkanes) is 3. The third-order valence-electron chi connectivity index (χ3n) is 1.62. The van der Waals surface area contributed by atoms with Gasteiger partial charge < -0.3 is 0 Å². The van der Waals surface area contributed by atoms with Gasteiger partial charge in [-0.2, -0.15) is 0 Å².